The first kappa shape index (κ1) is 14.5. The summed E-state index contributed by atoms with van der Waals surface area (Å²) in [5, 5.41) is 20.3. The van der Waals surface area contributed by atoms with Crippen LogP contribution in [0.5, 0.6) is 0 Å². The summed E-state index contributed by atoms with van der Waals surface area (Å²) < 4.78 is 1.93. The molecule has 23 heavy (non-hydrogen) atoms. The van der Waals surface area contributed by atoms with Gasteiger partial charge in [0.15, 0.2) is 0 Å². The number of hydrogen-bond acceptors (Lipinski definition) is 3. The molecule has 2 N–H and O–H groups in total. The molecule has 6 heteroatoms. The largest absolute Gasteiger partial charge is 0.465 e. The lowest BCUT2D eigenvalue weighted by atomic mass is 9.86. The van der Waals surface area contributed by atoms with Crippen LogP contribution in [0.4, 0.5) is 4.79 Å². The van der Waals surface area contributed by atoms with Gasteiger partial charge in [-0.2, -0.15) is 0 Å². The smallest absolute Gasteiger partial charge is 0.407 e. The van der Waals surface area contributed by atoms with Crippen molar-refractivity contribution in [1.29, 1.82) is 0 Å². The number of imidazole rings is 1. The van der Waals surface area contributed by atoms with Gasteiger partial charge in [0.05, 0.1) is 24.1 Å². The van der Waals surface area contributed by atoms with Gasteiger partial charge in [-0.05, 0) is 43.2 Å². The zero-order chi connectivity index (χ0) is 16.0. The number of rotatable bonds is 3. The van der Waals surface area contributed by atoms with E-state index in [0.717, 1.165) is 36.8 Å². The molecule has 2 unspecified atom stereocenters. The lowest BCUT2D eigenvalue weighted by Crippen LogP contribution is -2.41. The number of aliphatic hydroxyl groups is 1. The summed E-state index contributed by atoms with van der Waals surface area (Å²) in [6.45, 7) is 0.959. The van der Waals surface area contributed by atoms with Crippen molar-refractivity contribution in [2.45, 2.75) is 37.7 Å². The lowest BCUT2D eigenvalue weighted by Gasteiger charge is -2.34. The molecule has 2 aromatic rings. The normalized spacial score (nSPS) is 23.2. The Morgan fingerprint density at radius 3 is 2.91 bits per heavy atom. The van der Waals surface area contributed by atoms with Crippen LogP contribution in [0.15, 0.2) is 24.8 Å². The van der Waals surface area contributed by atoms with Crippen LogP contribution in [-0.2, 0) is 0 Å². The zero-order valence-corrected chi connectivity index (χ0v) is 12.9. The first-order valence-electron chi connectivity index (χ1n) is 8.25. The predicted molar refractivity (Wildman–Crippen MR) is 84.4 cm³/mol. The Hall–Kier alpha value is -2.08. The quantitative estimate of drug-likeness (QED) is 0.912. The molecule has 0 bridgehead atoms. The van der Waals surface area contributed by atoms with Crippen LogP contribution < -0.4 is 0 Å². The van der Waals surface area contributed by atoms with Crippen molar-refractivity contribution < 1.29 is 15.0 Å². The van der Waals surface area contributed by atoms with E-state index < -0.39 is 12.2 Å². The van der Waals surface area contributed by atoms with Crippen LogP contribution in [-0.4, -0.2) is 43.7 Å². The molecule has 0 aromatic carbocycles. The average molecular weight is 315 g/mol. The number of carboxylic acid groups (broad SMARTS) is 1. The number of amides is 1. The summed E-state index contributed by atoms with van der Waals surface area (Å²) in [6.07, 6.45) is 7.97. The molecule has 2 atom stereocenters. The number of carbonyl (C=O) groups is 1. The number of hydrogen-bond donors (Lipinski definition) is 2. The second kappa shape index (κ2) is 5.53. The maximum atomic E-state index is 11.2. The molecule has 1 saturated carbocycles. The van der Waals surface area contributed by atoms with E-state index in [1.807, 2.05) is 10.6 Å². The second-order valence-corrected chi connectivity index (χ2v) is 6.72. The number of piperidine rings is 1. The van der Waals surface area contributed by atoms with E-state index in [-0.39, 0.29) is 5.92 Å². The first-order valence-corrected chi connectivity index (χ1v) is 8.25. The maximum absolute atomic E-state index is 11.2. The molecule has 4 rings (SSSR count). The number of pyridine rings is 1. The Morgan fingerprint density at radius 1 is 1.35 bits per heavy atom. The maximum Gasteiger partial charge on any atom is 0.407 e. The molecular weight excluding hydrogens is 294 g/mol. The zero-order valence-electron chi connectivity index (χ0n) is 12.9. The predicted octanol–water partition coefficient (Wildman–Crippen LogP) is 2.64. The highest BCUT2D eigenvalue weighted by Crippen LogP contribution is 2.45. The van der Waals surface area contributed by atoms with Crippen LogP contribution in [0.3, 0.4) is 0 Å². The highest BCUT2D eigenvalue weighted by atomic mass is 16.4. The molecule has 122 valence electrons. The average Bonchev–Trinajstić information content (AvgIpc) is 3.30. The Labute approximate surface area is 134 Å². The van der Waals surface area contributed by atoms with E-state index >= 15 is 0 Å². The molecule has 2 aliphatic rings. The minimum Gasteiger partial charge on any atom is -0.465 e. The summed E-state index contributed by atoms with van der Waals surface area (Å²) in [6, 6.07) is 2.09. The lowest BCUT2D eigenvalue weighted by molar-refractivity contribution is 0.0504. The third kappa shape index (κ3) is 2.57. The fraction of sp³-hybridized carbons (Fsp3) is 0.529. The van der Waals surface area contributed by atoms with Crippen molar-refractivity contribution in [3.8, 4) is 0 Å². The molecule has 2 fully saturated rings. The van der Waals surface area contributed by atoms with E-state index in [4.69, 9.17) is 0 Å². The molecule has 0 spiro atoms. The van der Waals surface area contributed by atoms with Crippen LogP contribution in [0.2, 0.25) is 0 Å². The van der Waals surface area contributed by atoms with Gasteiger partial charge in [0.25, 0.3) is 0 Å². The Kier molecular flexibility index (Phi) is 3.49. The minimum absolute atomic E-state index is 0.0570. The first-order chi connectivity index (χ1) is 11.1. The fourth-order valence-corrected chi connectivity index (χ4v) is 3.78. The van der Waals surface area contributed by atoms with Gasteiger partial charge in [0.1, 0.15) is 0 Å². The summed E-state index contributed by atoms with van der Waals surface area (Å²) in [4.78, 5) is 16.9. The van der Waals surface area contributed by atoms with E-state index in [2.05, 4.69) is 11.1 Å². The van der Waals surface area contributed by atoms with Crippen LogP contribution >= 0.6 is 0 Å². The van der Waals surface area contributed by atoms with Gasteiger partial charge in [0.2, 0.25) is 0 Å². The summed E-state index contributed by atoms with van der Waals surface area (Å²) in [7, 11) is 0. The number of nitrogens with zero attached hydrogens (tertiary/aromatic N) is 3. The standard InChI is InChI=1S/C17H21N3O3/c21-16(12-2-1-6-19(9-12)17(22)23)15-13(11-3-4-11)5-7-20-10-18-8-14(15)20/h5,7-8,10-12,16,21H,1-4,6,9H2,(H,22,23). The van der Waals surface area contributed by atoms with Gasteiger partial charge in [-0.1, -0.05) is 0 Å². The molecule has 0 radical (unpaired) electrons. The molecule has 1 amide bonds. The van der Waals surface area contributed by atoms with Crippen LogP contribution in [0.1, 0.15) is 48.8 Å². The number of likely N-dealkylation sites (tertiary alicyclic amines) is 1. The van der Waals surface area contributed by atoms with Gasteiger partial charge >= 0.3 is 6.09 Å². The van der Waals surface area contributed by atoms with E-state index in [9.17, 15) is 15.0 Å². The monoisotopic (exact) mass is 315 g/mol. The number of fused-ring (bicyclic) bond motifs is 1. The van der Waals surface area contributed by atoms with Crippen molar-refractivity contribution in [2.75, 3.05) is 13.1 Å². The SMILES string of the molecule is O=C(O)N1CCCC(C(O)c2c(C3CC3)ccn3cncc23)C1. The molecular formula is C17H21N3O3. The molecule has 1 aliphatic heterocycles. The van der Waals surface area contributed by atoms with E-state index in [0.29, 0.717) is 19.0 Å². The van der Waals surface area contributed by atoms with Gasteiger partial charge < -0.3 is 19.5 Å². The Morgan fingerprint density at radius 2 is 2.17 bits per heavy atom. The Balaban J connectivity index is 1.71. The van der Waals surface area contributed by atoms with Gasteiger partial charge in [0, 0.05) is 30.8 Å². The van der Waals surface area contributed by atoms with Gasteiger partial charge in [-0.3, -0.25) is 0 Å². The van der Waals surface area contributed by atoms with Crippen LogP contribution in [0, 0.1) is 5.92 Å². The second-order valence-electron chi connectivity index (χ2n) is 6.72. The third-order valence-corrected chi connectivity index (χ3v) is 5.16. The van der Waals surface area contributed by atoms with E-state index in [1.54, 1.807) is 12.5 Å². The summed E-state index contributed by atoms with van der Waals surface area (Å²) in [5.41, 5.74) is 3.09. The van der Waals surface area contributed by atoms with Crippen molar-refractivity contribution >= 4 is 11.6 Å². The molecule has 2 aromatic heterocycles. The topological polar surface area (TPSA) is 78.1 Å². The van der Waals surface area contributed by atoms with Crippen molar-refractivity contribution in [3.05, 3.63) is 35.9 Å². The molecule has 1 aliphatic carbocycles. The Bertz CT molecular complexity index is 738. The van der Waals surface area contributed by atoms with E-state index in [1.165, 1.54) is 10.5 Å². The van der Waals surface area contributed by atoms with Crippen molar-refractivity contribution in [2.24, 2.45) is 5.92 Å². The number of aromatic nitrogens is 2. The van der Waals surface area contributed by atoms with Crippen molar-refractivity contribution in [1.82, 2.24) is 14.3 Å². The van der Waals surface area contributed by atoms with Crippen LogP contribution in [0.25, 0.3) is 5.52 Å². The van der Waals surface area contributed by atoms with Gasteiger partial charge in [-0.15, -0.1) is 0 Å². The highest BCUT2D eigenvalue weighted by Gasteiger charge is 2.35. The number of aliphatic hydroxyl groups excluding tert-OH is 1. The minimum atomic E-state index is -0.896. The summed E-state index contributed by atoms with van der Waals surface area (Å²) >= 11 is 0. The molecule has 6 nitrogen and oxygen atoms in total. The summed E-state index contributed by atoms with van der Waals surface area (Å²) in [5.74, 6) is 0.470. The fourth-order valence-electron chi connectivity index (χ4n) is 3.78. The molecule has 3 heterocycles. The van der Waals surface area contributed by atoms with Gasteiger partial charge in [-0.25, -0.2) is 9.78 Å². The third-order valence-electron chi connectivity index (χ3n) is 5.16. The van der Waals surface area contributed by atoms with Crippen molar-refractivity contribution in [3.63, 3.8) is 0 Å². The molecule has 1 saturated heterocycles. The highest BCUT2D eigenvalue weighted by molar-refractivity contribution is 5.65.